The number of thioether (sulfide) groups is 1. The molecule has 2 N–H and O–H groups in total. The quantitative estimate of drug-likeness (QED) is 0.326. The number of nitrogens with one attached hydrogen (secondary N) is 2. The lowest BCUT2D eigenvalue weighted by Crippen LogP contribution is -2.42. The zero-order chi connectivity index (χ0) is 17.4. The van der Waals surface area contributed by atoms with E-state index in [9.17, 15) is 0 Å². The number of hydrogen-bond donors (Lipinski definition) is 2. The first-order chi connectivity index (χ1) is 11.6. The van der Waals surface area contributed by atoms with E-state index < -0.39 is 0 Å². The number of hydrogen-bond acceptors (Lipinski definition) is 4. The summed E-state index contributed by atoms with van der Waals surface area (Å²) in [6.07, 6.45) is 9.21. The van der Waals surface area contributed by atoms with Gasteiger partial charge in [-0.2, -0.15) is 0 Å². The van der Waals surface area contributed by atoms with Crippen molar-refractivity contribution >= 4 is 17.7 Å². The average molecular weight is 353 g/mol. The summed E-state index contributed by atoms with van der Waals surface area (Å²) in [5, 5.41) is 16.6. The van der Waals surface area contributed by atoms with Gasteiger partial charge in [0.25, 0.3) is 0 Å². The highest BCUT2D eigenvalue weighted by molar-refractivity contribution is 7.98. The topological polar surface area (TPSA) is 67.1 Å². The molecule has 7 heteroatoms. The van der Waals surface area contributed by atoms with Crippen molar-refractivity contribution in [3.63, 3.8) is 0 Å². The zero-order valence-electron chi connectivity index (χ0n) is 15.5. The van der Waals surface area contributed by atoms with Crippen LogP contribution < -0.4 is 10.6 Å². The highest BCUT2D eigenvalue weighted by atomic mass is 32.2. The van der Waals surface area contributed by atoms with Crippen LogP contribution >= 0.6 is 11.8 Å². The molecule has 24 heavy (non-hydrogen) atoms. The van der Waals surface area contributed by atoms with E-state index in [1.165, 1.54) is 25.7 Å². The van der Waals surface area contributed by atoms with E-state index in [4.69, 9.17) is 0 Å². The van der Waals surface area contributed by atoms with E-state index in [2.05, 4.69) is 50.5 Å². The summed E-state index contributed by atoms with van der Waals surface area (Å²) in [6, 6.07) is 0.592. The number of aromatic nitrogens is 3. The fourth-order valence-corrected chi connectivity index (χ4v) is 3.64. The number of rotatable bonds is 8. The summed E-state index contributed by atoms with van der Waals surface area (Å²) in [5.74, 6) is 2.61. The van der Waals surface area contributed by atoms with Gasteiger partial charge >= 0.3 is 0 Å². The molecule has 2 rings (SSSR count). The van der Waals surface area contributed by atoms with Crippen LogP contribution in [0.4, 0.5) is 0 Å². The number of guanidine groups is 1. The predicted octanol–water partition coefficient (Wildman–Crippen LogP) is 2.70. The molecule has 0 saturated heterocycles. The summed E-state index contributed by atoms with van der Waals surface area (Å²) in [7, 11) is 1.84. The molecule has 0 radical (unpaired) electrons. The molecule has 0 aromatic carbocycles. The van der Waals surface area contributed by atoms with Gasteiger partial charge in [-0.3, -0.25) is 4.99 Å². The Balaban J connectivity index is 1.78. The van der Waals surface area contributed by atoms with Gasteiger partial charge in [-0.25, -0.2) is 0 Å². The number of nitrogens with zero attached hydrogens (tertiary/aromatic N) is 4. The number of aryl methyl sites for hydroxylation is 1. The van der Waals surface area contributed by atoms with Crippen molar-refractivity contribution in [2.24, 2.45) is 10.9 Å². The molecule has 136 valence electrons. The largest absolute Gasteiger partial charge is 0.356 e. The summed E-state index contributed by atoms with van der Waals surface area (Å²) in [6.45, 7) is 6.34. The van der Waals surface area contributed by atoms with Crippen molar-refractivity contribution in [3.05, 3.63) is 5.82 Å². The van der Waals surface area contributed by atoms with Gasteiger partial charge in [-0.05, 0) is 31.4 Å². The first-order valence-electron chi connectivity index (χ1n) is 9.07. The van der Waals surface area contributed by atoms with Crippen molar-refractivity contribution in [1.29, 1.82) is 0 Å². The maximum atomic E-state index is 4.38. The maximum Gasteiger partial charge on any atom is 0.191 e. The molecule has 1 aromatic heterocycles. The molecule has 1 aliphatic rings. The van der Waals surface area contributed by atoms with E-state index in [0.717, 1.165) is 42.9 Å². The Morgan fingerprint density at radius 3 is 2.71 bits per heavy atom. The van der Waals surface area contributed by atoms with Crippen LogP contribution in [0.1, 0.15) is 51.8 Å². The third-order valence-corrected chi connectivity index (χ3v) is 4.98. The van der Waals surface area contributed by atoms with Crippen LogP contribution in [0, 0.1) is 5.92 Å². The van der Waals surface area contributed by atoms with Crippen LogP contribution in [0.15, 0.2) is 10.1 Å². The van der Waals surface area contributed by atoms with Gasteiger partial charge in [0, 0.05) is 32.6 Å². The standard InChI is InChI=1S/C17H32N6S/c1-13(2)12-23-15(21-22-17(23)24-4)10-7-11-19-16(18-3)20-14-8-5-6-9-14/h13-14H,5-12H2,1-4H3,(H2,18,19,20). The van der Waals surface area contributed by atoms with Crippen molar-refractivity contribution in [2.75, 3.05) is 19.8 Å². The second kappa shape index (κ2) is 9.91. The molecule has 1 heterocycles. The molecule has 1 aliphatic carbocycles. The fraction of sp³-hybridized carbons (Fsp3) is 0.824. The van der Waals surface area contributed by atoms with Crippen molar-refractivity contribution < 1.29 is 0 Å². The van der Waals surface area contributed by atoms with Gasteiger partial charge < -0.3 is 15.2 Å². The van der Waals surface area contributed by atoms with Gasteiger partial charge in [0.1, 0.15) is 5.82 Å². The Hall–Kier alpha value is -1.24. The van der Waals surface area contributed by atoms with E-state index >= 15 is 0 Å². The minimum absolute atomic E-state index is 0.592. The Bertz CT molecular complexity index is 519. The highest BCUT2D eigenvalue weighted by Crippen LogP contribution is 2.18. The molecule has 1 aromatic rings. The van der Waals surface area contributed by atoms with Crippen molar-refractivity contribution in [3.8, 4) is 0 Å². The molecule has 0 amide bonds. The SMILES string of the molecule is CN=C(NCCCc1nnc(SC)n1CC(C)C)NC1CCCC1. The smallest absolute Gasteiger partial charge is 0.191 e. The van der Waals surface area contributed by atoms with Gasteiger partial charge in [-0.15, -0.1) is 10.2 Å². The second-order valence-electron chi connectivity index (χ2n) is 6.84. The Morgan fingerprint density at radius 1 is 1.33 bits per heavy atom. The first-order valence-corrected chi connectivity index (χ1v) is 10.3. The lowest BCUT2D eigenvalue weighted by Gasteiger charge is -2.17. The summed E-state index contributed by atoms with van der Waals surface area (Å²) >= 11 is 1.67. The maximum absolute atomic E-state index is 4.38. The van der Waals surface area contributed by atoms with Crippen LogP contribution in [-0.4, -0.2) is 46.6 Å². The summed E-state index contributed by atoms with van der Waals surface area (Å²) in [4.78, 5) is 4.33. The molecule has 0 atom stereocenters. The Kier molecular flexibility index (Phi) is 7.88. The molecule has 1 fully saturated rings. The van der Waals surface area contributed by atoms with Gasteiger partial charge in [0.15, 0.2) is 11.1 Å². The van der Waals surface area contributed by atoms with E-state index in [1.54, 1.807) is 11.8 Å². The third kappa shape index (κ3) is 5.69. The van der Waals surface area contributed by atoms with E-state index in [1.807, 2.05) is 7.05 Å². The van der Waals surface area contributed by atoms with Gasteiger partial charge in [-0.1, -0.05) is 38.5 Å². The molecule has 0 bridgehead atoms. The van der Waals surface area contributed by atoms with Crippen molar-refractivity contribution in [2.45, 2.75) is 70.1 Å². The second-order valence-corrected chi connectivity index (χ2v) is 7.61. The Morgan fingerprint density at radius 2 is 2.08 bits per heavy atom. The third-order valence-electron chi connectivity index (χ3n) is 4.31. The molecule has 0 unspecified atom stereocenters. The minimum Gasteiger partial charge on any atom is -0.356 e. The monoisotopic (exact) mass is 352 g/mol. The molecular weight excluding hydrogens is 320 g/mol. The molecule has 0 aliphatic heterocycles. The average Bonchev–Trinajstić information content (AvgIpc) is 3.20. The van der Waals surface area contributed by atoms with Crippen LogP contribution in [-0.2, 0) is 13.0 Å². The van der Waals surface area contributed by atoms with E-state index in [0.29, 0.717) is 12.0 Å². The van der Waals surface area contributed by atoms with Crippen LogP contribution in [0.3, 0.4) is 0 Å². The van der Waals surface area contributed by atoms with E-state index in [-0.39, 0.29) is 0 Å². The predicted molar refractivity (Wildman–Crippen MR) is 102 cm³/mol. The fourth-order valence-electron chi connectivity index (χ4n) is 3.11. The molecule has 1 saturated carbocycles. The highest BCUT2D eigenvalue weighted by Gasteiger charge is 2.16. The van der Waals surface area contributed by atoms with Crippen LogP contribution in [0.25, 0.3) is 0 Å². The van der Waals surface area contributed by atoms with Crippen LogP contribution in [0.5, 0.6) is 0 Å². The van der Waals surface area contributed by atoms with Crippen LogP contribution in [0.2, 0.25) is 0 Å². The molecular formula is C17H32N6S. The lowest BCUT2D eigenvalue weighted by molar-refractivity contribution is 0.477. The minimum atomic E-state index is 0.592. The summed E-state index contributed by atoms with van der Waals surface area (Å²) < 4.78 is 2.26. The summed E-state index contributed by atoms with van der Waals surface area (Å²) in [5.41, 5.74) is 0. The normalized spacial score (nSPS) is 16.1. The number of aliphatic imine (C=N–C) groups is 1. The zero-order valence-corrected chi connectivity index (χ0v) is 16.3. The molecule has 6 nitrogen and oxygen atoms in total. The first kappa shape index (κ1) is 19.1. The Labute approximate surface area is 150 Å². The lowest BCUT2D eigenvalue weighted by atomic mass is 10.2. The van der Waals surface area contributed by atoms with Gasteiger partial charge in [0.2, 0.25) is 0 Å². The van der Waals surface area contributed by atoms with Crippen molar-refractivity contribution in [1.82, 2.24) is 25.4 Å². The molecule has 0 spiro atoms. The van der Waals surface area contributed by atoms with Gasteiger partial charge in [0.05, 0.1) is 0 Å².